The van der Waals surface area contributed by atoms with Crippen molar-refractivity contribution in [2.75, 3.05) is 12.3 Å². The number of amides is 1. The van der Waals surface area contributed by atoms with Gasteiger partial charge in [-0.15, -0.1) is 0 Å². The summed E-state index contributed by atoms with van der Waals surface area (Å²) < 4.78 is 0.771. The molecular weight excluding hydrogens is 314 g/mol. The van der Waals surface area contributed by atoms with Crippen LogP contribution in [0, 0.1) is 0 Å². The van der Waals surface area contributed by atoms with Crippen LogP contribution in [0.5, 0.6) is 5.75 Å². The molecule has 0 bridgehead atoms. The number of carbonyl (C=O) groups is 1. The molecule has 1 aromatic carbocycles. The molecule has 1 aliphatic rings. The number of hydrogen-bond acceptors (Lipinski definition) is 3. The number of carbonyl (C=O) groups excluding carboxylic acids is 1. The Kier molecular flexibility index (Phi) is 4.22. The van der Waals surface area contributed by atoms with Gasteiger partial charge in [-0.3, -0.25) is 4.79 Å². The lowest BCUT2D eigenvalue weighted by atomic mass is 10.1. The van der Waals surface area contributed by atoms with E-state index in [1.54, 1.807) is 18.2 Å². The quantitative estimate of drug-likeness (QED) is 0.860. The first-order valence-corrected chi connectivity index (χ1v) is 7.76. The molecule has 1 fully saturated rings. The largest absolute Gasteiger partial charge is 0.507 e. The molecule has 0 aliphatic carbocycles. The summed E-state index contributed by atoms with van der Waals surface area (Å²) in [5, 5.41) is 10.3. The molecule has 1 aromatic rings. The lowest BCUT2D eigenvalue weighted by Gasteiger charge is -2.37. The second-order valence-electron chi connectivity index (χ2n) is 4.48. The standard InChI is InChI=1S/C13H16BrNO2S/c1-8-9(2)18-6-5-15(8)13(17)11-4-3-10(14)7-12(11)16/h3-4,7-9,16H,5-6H2,1-2H3. The first-order valence-electron chi connectivity index (χ1n) is 5.92. The highest BCUT2D eigenvalue weighted by Gasteiger charge is 2.30. The highest BCUT2D eigenvalue weighted by Crippen LogP contribution is 2.29. The average molecular weight is 330 g/mol. The minimum atomic E-state index is -0.0837. The van der Waals surface area contributed by atoms with Crippen LogP contribution in [0.15, 0.2) is 22.7 Å². The monoisotopic (exact) mass is 329 g/mol. The zero-order valence-corrected chi connectivity index (χ0v) is 12.8. The van der Waals surface area contributed by atoms with E-state index in [0.717, 1.165) is 16.8 Å². The van der Waals surface area contributed by atoms with Gasteiger partial charge in [0, 0.05) is 28.1 Å². The number of nitrogens with zero attached hydrogens (tertiary/aromatic N) is 1. The number of rotatable bonds is 1. The highest BCUT2D eigenvalue weighted by molar-refractivity contribution is 9.10. The van der Waals surface area contributed by atoms with Gasteiger partial charge in [0.1, 0.15) is 5.75 Å². The SMILES string of the molecule is CC1SCCN(C(=O)c2ccc(Br)cc2O)C1C. The van der Waals surface area contributed by atoms with Gasteiger partial charge in [0.2, 0.25) is 0 Å². The van der Waals surface area contributed by atoms with Gasteiger partial charge < -0.3 is 10.0 Å². The maximum atomic E-state index is 12.4. The summed E-state index contributed by atoms with van der Waals surface area (Å²) in [5.74, 6) is 0.904. The Balaban J connectivity index is 2.25. The Morgan fingerprint density at radius 3 is 2.89 bits per heavy atom. The second kappa shape index (κ2) is 5.53. The van der Waals surface area contributed by atoms with Crippen molar-refractivity contribution in [3.8, 4) is 5.75 Å². The summed E-state index contributed by atoms with van der Waals surface area (Å²) in [6, 6.07) is 5.19. The molecule has 1 N–H and O–H groups in total. The van der Waals surface area contributed by atoms with E-state index in [1.165, 1.54) is 0 Å². The summed E-state index contributed by atoms with van der Waals surface area (Å²) in [7, 11) is 0. The van der Waals surface area contributed by atoms with Crippen molar-refractivity contribution in [1.82, 2.24) is 4.90 Å². The van der Waals surface area contributed by atoms with Crippen LogP contribution in [0.4, 0.5) is 0 Å². The molecule has 3 nitrogen and oxygen atoms in total. The van der Waals surface area contributed by atoms with E-state index < -0.39 is 0 Å². The Morgan fingerprint density at radius 1 is 1.50 bits per heavy atom. The molecule has 1 amide bonds. The summed E-state index contributed by atoms with van der Waals surface area (Å²) in [6.07, 6.45) is 0. The fraction of sp³-hybridized carbons (Fsp3) is 0.462. The van der Waals surface area contributed by atoms with Gasteiger partial charge in [-0.2, -0.15) is 11.8 Å². The van der Waals surface area contributed by atoms with E-state index in [1.807, 2.05) is 16.7 Å². The van der Waals surface area contributed by atoms with Crippen LogP contribution in [0.25, 0.3) is 0 Å². The first-order chi connectivity index (χ1) is 8.50. The molecule has 1 aliphatic heterocycles. The number of aromatic hydroxyl groups is 1. The van der Waals surface area contributed by atoms with Crippen LogP contribution < -0.4 is 0 Å². The second-order valence-corrected chi connectivity index (χ2v) is 6.88. The van der Waals surface area contributed by atoms with Crippen molar-refractivity contribution in [3.63, 3.8) is 0 Å². The Labute approximate surface area is 120 Å². The van der Waals surface area contributed by atoms with E-state index in [0.29, 0.717) is 10.8 Å². The molecular formula is C13H16BrNO2S. The van der Waals surface area contributed by atoms with Crippen molar-refractivity contribution in [1.29, 1.82) is 0 Å². The molecule has 0 radical (unpaired) electrons. The minimum absolute atomic E-state index is 0.0347. The number of phenols is 1. The van der Waals surface area contributed by atoms with Gasteiger partial charge in [0.15, 0.2) is 0 Å². The summed E-state index contributed by atoms with van der Waals surface area (Å²) in [6.45, 7) is 4.94. The maximum Gasteiger partial charge on any atom is 0.257 e. The Morgan fingerprint density at radius 2 is 2.22 bits per heavy atom. The molecule has 5 heteroatoms. The molecule has 1 heterocycles. The molecule has 2 atom stereocenters. The van der Waals surface area contributed by atoms with Crippen molar-refractivity contribution < 1.29 is 9.90 Å². The van der Waals surface area contributed by atoms with E-state index in [4.69, 9.17) is 0 Å². The fourth-order valence-electron chi connectivity index (χ4n) is 2.06. The third-order valence-corrected chi connectivity index (χ3v) is 5.17. The fourth-order valence-corrected chi connectivity index (χ4v) is 3.51. The predicted molar refractivity (Wildman–Crippen MR) is 78.2 cm³/mol. The summed E-state index contributed by atoms with van der Waals surface area (Å²) >= 11 is 5.16. The number of halogens is 1. The van der Waals surface area contributed by atoms with Gasteiger partial charge in [-0.05, 0) is 25.1 Å². The van der Waals surface area contributed by atoms with Crippen molar-refractivity contribution in [3.05, 3.63) is 28.2 Å². The summed E-state index contributed by atoms with van der Waals surface area (Å²) in [4.78, 5) is 14.3. The third kappa shape index (κ3) is 2.67. The molecule has 2 unspecified atom stereocenters. The summed E-state index contributed by atoms with van der Waals surface area (Å²) in [5.41, 5.74) is 0.379. The number of phenolic OH excluding ortho intramolecular Hbond substituents is 1. The lowest BCUT2D eigenvalue weighted by Crippen LogP contribution is -2.47. The van der Waals surface area contributed by atoms with Crippen molar-refractivity contribution in [2.24, 2.45) is 0 Å². The highest BCUT2D eigenvalue weighted by atomic mass is 79.9. The van der Waals surface area contributed by atoms with E-state index in [2.05, 4.69) is 29.8 Å². The topological polar surface area (TPSA) is 40.5 Å². The lowest BCUT2D eigenvalue weighted by molar-refractivity contribution is 0.0695. The van der Waals surface area contributed by atoms with E-state index in [-0.39, 0.29) is 17.7 Å². The molecule has 1 saturated heterocycles. The molecule has 2 rings (SSSR count). The van der Waals surface area contributed by atoms with Crippen LogP contribution in [0.2, 0.25) is 0 Å². The van der Waals surface area contributed by atoms with Crippen molar-refractivity contribution in [2.45, 2.75) is 25.1 Å². The predicted octanol–water partition coefficient (Wildman–Crippen LogP) is 3.12. The van der Waals surface area contributed by atoms with E-state index in [9.17, 15) is 9.90 Å². The van der Waals surface area contributed by atoms with Gasteiger partial charge in [0.25, 0.3) is 5.91 Å². The maximum absolute atomic E-state index is 12.4. The normalized spacial score (nSPS) is 24.1. The van der Waals surface area contributed by atoms with Gasteiger partial charge in [0.05, 0.1) is 5.56 Å². The number of benzene rings is 1. The Hall–Kier alpha value is -0.680. The molecule has 0 saturated carbocycles. The van der Waals surface area contributed by atoms with Crippen LogP contribution in [-0.4, -0.2) is 39.5 Å². The van der Waals surface area contributed by atoms with Crippen LogP contribution in [0.1, 0.15) is 24.2 Å². The third-order valence-electron chi connectivity index (χ3n) is 3.33. The molecule has 0 aromatic heterocycles. The first kappa shape index (κ1) is 13.7. The van der Waals surface area contributed by atoms with Crippen LogP contribution >= 0.6 is 27.7 Å². The molecule has 0 spiro atoms. The minimum Gasteiger partial charge on any atom is -0.507 e. The number of hydrogen-bond donors (Lipinski definition) is 1. The van der Waals surface area contributed by atoms with E-state index >= 15 is 0 Å². The van der Waals surface area contributed by atoms with Crippen LogP contribution in [-0.2, 0) is 0 Å². The van der Waals surface area contributed by atoms with Crippen molar-refractivity contribution >= 4 is 33.6 Å². The van der Waals surface area contributed by atoms with Gasteiger partial charge in [-0.1, -0.05) is 22.9 Å². The zero-order valence-electron chi connectivity index (χ0n) is 10.4. The molecule has 18 heavy (non-hydrogen) atoms. The number of thioether (sulfide) groups is 1. The zero-order chi connectivity index (χ0) is 13.3. The van der Waals surface area contributed by atoms with Crippen LogP contribution in [0.3, 0.4) is 0 Å². The smallest absolute Gasteiger partial charge is 0.257 e. The van der Waals surface area contributed by atoms with Gasteiger partial charge >= 0.3 is 0 Å². The van der Waals surface area contributed by atoms with Gasteiger partial charge in [-0.25, -0.2) is 0 Å². The average Bonchev–Trinajstić information content (AvgIpc) is 2.32. The molecule has 98 valence electrons. The Bertz CT molecular complexity index is 466.